The van der Waals surface area contributed by atoms with Crippen LogP contribution in [-0.2, 0) is 4.74 Å². The number of morpholine rings is 1. The van der Waals surface area contributed by atoms with Gasteiger partial charge in [0.15, 0.2) is 0 Å². The molecule has 0 radical (unpaired) electrons. The molecular formula is C25H24N2O3S. The molecule has 2 aromatic heterocycles. The Hall–Kier alpha value is -2.93. The molecule has 1 N–H and O–H groups in total. The fourth-order valence-corrected chi connectivity index (χ4v) is 4.70. The van der Waals surface area contributed by atoms with Gasteiger partial charge in [-0.1, -0.05) is 48.0 Å². The molecule has 0 saturated carbocycles. The van der Waals surface area contributed by atoms with E-state index in [1.807, 2.05) is 41.8 Å². The van der Waals surface area contributed by atoms with Crippen LogP contribution in [0.25, 0.3) is 11.0 Å². The molecule has 2 aromatic carbocycles. The first-order chi connectivity index (χ1) is 15.2. The molecule has 158 valence electrons. The summed E-state index contributed by atoms with van der Waals surface area (Å²) >= 11 is 1.43. The minimum atomic E-state index is -0.118. The molecule has 5 nitrogen and oxygen atoms in total. The Balaban J connectivity index is 1.64. The number of nitrogens with zero attached hydrogens (tertiary/aromatic N) is 1. The number of hydrogen-bond acceptors (Lipinski definition) is 5. The summed E-state index contributed by atoms with van der Waals surface area (Å²) in [4.78, 5) is 16.0. The maximum Gasteiger partial charge on any atom is 0.265 e. The monoisotopic (exact) mass is 432 g/mol. The molecule has 1 aliphatic rings. The minimum absolute atomic E-state index is 0.115. The summed E-state index contributed by atoms with van der Waals surface area (Å²) < 4.78 is 12.0. The van der Waals surface area contributed by atoms with Gasteiger partial charge in [0.25, 0.3) is 5.91 Å². The van der Waals surface area contributed by atoms with E-state index in [9.17, 15) is 4.79 Å². The van der Waals surface area contributed by atoms with Gasteiger partial charge < -0.3 is 14.5 Å². The lowest BCUT2D eigenvalue weighted by atomic mass is 9.99. The van der Waals surface area contributed by atoms with E-state index in [4.69, 9.17) is 9.15 Å². The number of amides is 1. The van der Waals surface area contributed by atoms with Gasteiger partial charge >= 0.3 is 0 Å². The van der Waals surface area contributed by atoms with Crippen molar-refractivity contribution in [2.45, 2.75) is 13.0 Å². The molecule has 0 spiro atoms. The molecule has 1 atom stereocenters. The van der Waals surface area contributed by atoms with Crippen LogP contribution in [0.4, 0.5) is 5.69 Å². The number of hydrogen-bond donors (Lipinski definition) is 1. The second-order valence-corrected chi connectivity index (χ2v) is 8.68. The number of fused-ring (bicyclic) bond motifs is 1. The number of nitrogens with one attached hydrogen (secondary N) is 1. The van der Waals surface area contributed by atoms with Crippen LogP contribution >= 0.6 is 11.3 Å². The van der Waals surface area contributed by atoms with Crippen LogP contribution < -0.4 is 5.32 Å². The van der Waals surface area contributed by atoms with Gasteiger partial charge in [0.2, 0.25) is 0 Å². The van der Waals surface area contributed by atoms with Crippen LogP contribution in [0.15, 0.2) is 70.5 Å². The summed E-state index contributed by atoms with van der Waals surface area (Å²) in [5, 5.41) is 5.98. The molecule has 3 heterocycles. The van der Waals surface area contributed by atoms with Gasteiger partial charge in [-0.15, -0.1) is 11.3 Å². The van der Waals surface area contributed by atoms with Crippen LogP contribution in [0.5, 0.6) is 0 Å². The molecule has 6 heteroatoms. The third-order valence-corrected chi connectivity index (χ3v) is 6.53. The van der Waals surface area contributed by atoms with E-state index in [1.54, 1.807) is 0 Å². The van der Waals surface area contributed by atoms with Gasteiger partial charge in [-0.2, -0.15) is 0 Å². The van der Waals surface area contributed by atoms with Crippen LogP contribution in [0.3, 0.4) is 0 Å². The summed E-state index contributed by atoms with van der Waals surface area (Å²) in [6.07, 6.45) is 0. The fourth-order valence-electron chi connectivity index (χ4n) is 4.08. The Labute approximate surface area is 185 Å². The predicted molar refractivity (Wildman–Crippen MR) is 124 cm³/mol. The van der Waals surface area contributed by atoms with Crippen molar-refractivity contribution in [3.8, 4) is 0 Å². The average molecular weight is 433 g/mol. The Kier molecular flexibility index (Phi) is 5.59. The second-order valence-electron chi connectivity index (χ2n) is 7.73. The molecule has 4 aromatic rings. The first-order valence-electron chi connectivity index (χ1n) is 10.5. The lowest BCUT2D eigenvalue weighted by Gasteiger charge is -2.34. The zero-order chi connectivity index (χ0) is 21.2. The number of rotatable bonds is 5. The van der Waals surface area contributed by atoms with Crippen molar-refractivity contribution in [1.29, 1.82) is 0 Å². The van der Waals surface area contributed by atoms with Crippen molar-refractivity contribution in [1.82, 2.24) is 4.90 Å². The van der Waals surface area contributed by atoms with Gasteiger partial charge in [0.05, 0.1) is 29.8 Å². The summed E-state index contributed by atoms with van der Waals surface area (Å²) in [6.45, 7) is 5.04. The van der Waals surface area contributed by atoms with Crippen molar-refractivity contribution >= 4 is 33.9 Å². The van der Waals surface area contributed by atoms with Crippen LogP contribution in [-0.4, -0.2) is 37.1 Å². The fraction of sp³-hybridized carbons (Fsp3) is 0.240. The van der Waals surface area contributed by atoms with Crippen molar-refractivity contribution in [3.63, 3.8) is 0 Å². The summed E-state index contributed by atoms with van der Waals surface area (Å²) in [7, 11) is 0. The van der Waals surface area contributed by atoms with Crippen molar-refractivity contribution in [2.75, 3.05) is 31.6 Å². The molecule has 5 rings (SSSR count). The average Bonchev–Trinajstić information content (AvgIpc) is 3.45. The Bertz CT molecular complexity index is 1180. The molecule has 0 aliphatic carbocycles. The Morgan fingerprint density at radius 3 is 2.55 bits per heavy atom. The van der Waals surface area contributed by atoms with E-state index in [0.29, 0.717) is 18.1 Å². The number of ether oxygens (including phenoxy) is 1. The lowest BCUT2D eigenvalue weighted by Crippen LogP contribution is -2.39. The Morgan fingerprint density at radius 1 is 1.03 bits per heavy atom. The van der Waals surface area contributed by atoms with E-state index in [2.05, 4.69) is 41.4 Å². The van der Waals surface area contributed by atoms with Crippen LogP contribution in [0.2, 0.25) is 0 Å². The Morgan fingerprint density at radius 2 is 1.81 bits per heavy atom. The zero-order valence-electron chi connectivity index (χ0n) is 17.3. The molecule has 1 fully saturated rings. The van der Waals surface area contributed by atoms with Crippen molar-refractivity contribution in [3.05, 3.63) is 87.8 Å². The van der Waals surface area contributed by atoms with Crippen molar-refractivity contribution < 1.29 is 13.9 Å². The molecule has 0 bridgehead atoms. The zero-order valence-corrected chi connectivity index (χ0v) is 18.2. The number of benzene rings is 2. The van der Waals surface area contributed by atoms with Crippen molar-refractivity contribution in [2.24, 2.45) is 0 Å². The number of carbonyl (C=O) groups is 1. The van der Waals surface area contributed by atoms with Gasteiger partial charge in [0, 0.05) is 18.5 Å². The van der Waals surface area contributed by atoms with E-state index < -0.39 is 0 Å². The second kappa shape index (κ2) is 8.67. The highest BCUT2D eigenvalue weighted by Crippen LogP contribution is 2.41. The van der Waals surface area contributed by atoms with E-state index in [-0.39, 0.29) is 11.9 Å². The highest BCUT2D eigenvalue weighted by Gasteiger charge is 2.31. The van der Waals surface area contributed by atoms with Crippen LogP contribution in [0, 0.1) is 6.92 Å². The maximum absolute atomic E-state index is 13.0. The SMILES string of the molecule is Cc1ccc(C(c2oc3ccccc3c2NC(=O)c2cccs2)N2CCOCC2)cc1. The quantitative estimate of drug-likeness (QED) is 0.454. The van der Waals surface area contributed by atoms with Gasteiger partial charge in [-0.05, 0) is 36.1 Å². The standard InChI is InChI=1S/C25H24N2O3S/c1-17-8-10-18(11-9-17)23(27-12-14-29-15-13-27)24-22(19-5-2-3-6-20(19)30-24)26-25(28)21-7-4-16-31-21/h2-11,16,23H,12-15H2,1H3,(H,26,28). The highest BCUT2D eigenvalue weighted by atomic mass is 32.1. The third-order valence-electron chi connectivity index (χ3n) is 5.66. The first-order valence-corrected chi connectivity index (χ1v) is 11.3. The number of para-hydroxylation sites is 1. The largest absolute Gasteiger partial charge is 0.457 e. The van der Waals surface area contributed by atoms with E-state index in [0.717, 1.165) is 41.1 Å². The molecule has 1 unspecified atom stereocenters. The minimum Gasteiger partial charge on any atom is -0.457 e. The molecule has 31 heavy (non-hydrogen) atoms. The topological polar surface area (TPSA) is 54.7 Å². The molecule has 1 saturated heterocycles. The van der Waals surface area contributed by atoms with Gasteiger partial charge in [-0.25, -0.2) is 0 Å². The lowest BCUT2D eigenvalue weighted by molar-refractivity contribution is 0.0206. The normalized spacial score (nSPS) is 15.8. The number of thiophene rings is 1. The number of aryl methyl sites for hydroxylation is 1. The molecular weight excluding hydrogens is 408 g/mol. The number of carbonyl (C=O) groups excluding carboxylic acids is 1. The van der Waals surface area contributed by atoms with Gasteiger partial charge in [0.1, 0.15) is 11.3 Å². The smallest absolute Gasteiger partial charge is 0.265 e. The third kappa shape index (κ3) is 4.02. The van der Waals surface area contributed by atoms with Gasteiger partial charge in [-0.3, -0.25) is 9.69 Å². The summed E-state index contributed by atoms with van der Waals surface area (Å²) in [6, 6.07) is 20.0. The van der Waals surface area contributed by atoms with E-state index in [1.165, 1.54) is 16.9 Å². The highest BCUT2D eigenvalue weighted by molar-refractivity contribution is 7.12. The molecule has 1 aliphatic heterocycles. The number of furan rings is 1. The van der Waals surface area contributed by atoms with E-state index >= 15 is 0 Å². The maximum atomic E-state index is 13.0. The summed E-state index contributed by atoms with van der Waals surface area (Å²) in [5.74, 6) is 0.643. The summed E-state index contributed by atoms with van der Waals surface area (Å²) in [5.41, 5.74) is 3.86. The van der Waals surface area contributed by atoms with Crippen LogP contribution in [0.1, 0.15) is 32.6 Å². The first kappa shape index (κ1) is 20.0. The predicted octanol–water partition coefficient (Wildman–Crippen LogP) is 5.48. The number of anilines is 1. The molecule has 1 amide bonds.